The molecule has 1 saturated heterocycles. The molecule has 1 atom stereocenters. The van der Waals surface area contributed by atoms with Gasteiger partial charge >= 0.3 is 0 Å². The summed E-state index contributed by atoms with van der Waals surface area (Å²) >= 11 is 0. The summed E-state index contributed by atoms with van der Waals surface area (Å²) in [6, 6.07) is 21.2. The fraction of sp³-hybridized carbons (Fsp3) is 0.350. The summed E-state index contributed by atoms with van der Waals surface area (Å²) in [5.74, 6) is 0.460. The highest BCUT2D eigenvalue weighted by atomic mass is 15.4. The maximum atomic E-state index is 4.55. The van der Waals surface area contributed by atoms with Crippen LogP contribution in [0.15, 0.2) is 76.1 Å². The Labute approximate surface area is 142 Å². The van der Waals surface area contributed by atoms with Gasteiger partial charge in [0.25, 0.3) is 0 Å². The second kappa shape index (κ2) is 6.65. The summed E-state index contributed by atoms with van der Waals surface area (Å²) in [5, 5.41) is 12.6. The first kappa shape index (κ1) is 15.2. The average Bonchev–Trinajstić information content (AvgIpc) is 3.15. The van der Waals surface area contributed by atoms with Crippen molar-refractivity contribution in [3.8, 4) is 0 Å². The van der Waals surface area contributed by atoms with Gasteiger partial charge in [-0.25, -0.2) is 0 Å². The Bertz CT molecular complexity index is 704. The first-order valence-electron chi connectivity index (χ1n) is 8.65. The van der Waals surface area contributed by atoms with E-state index >= 15 is 0 Å². The molecule has 24 heavy (non-hydrogen) atoms. The Morgan fingerprint density at radius 3 is 2.21 bits per heavy atom. The van der Waals surface area contributed by atoms with Crippen LogP contribution in [0.5, 0.6) is 0 Å². The van der Waals surface area contributed by atoms with Crippen molar-refractivity contribution >= 4 is 6.21 Å². The van der Waals surface area contributed by atoms with Crippen molar-refractivity contribution in [3.05, 3.63) is 71.8 Å². The van der Waals surface area contributed by atoms with Crippen molar-refractivity contribution in [2.75, 3.05) is 13.1 Å². The smallest absolute Gasteiger partial charge is 0.148 e. The molecule has 0 bridgehead atoms. The second-order valence-corrected chi connectivity index (χ2v) is 6.66. The van der Waals surface area contributed by atoms with Gasteiger partial charge in [-0.05, 0) is 48.2 Å². The van der Waals surface area contributed by atoms with E-state index in [0.717, 1.165) is 32.5 Å². The lowest BCUT2D eigenvalue weighted by molar-refractivity contribution is 0.149. The van der Waals surface area contributed by atoms with Gasteiger partial charge in [0.05, 0.1) is 6.21 Å². The molecule has 1 unspecified atom stereocenters. The SMILES string of the molecule is C1=NN=NC1(c1ccccc1)C1CCN(Cc2ccccc2)CC1. The van der Waals surface area contributed by atoms with Gasteiger partial charge in [-0.15, -0.1) is 5.10 Å². The van der Waals surface area contributed by atoms with Gasteiger partial charge < -0.3 is 0 Å². The number of piperidine rings is 1. The fourth-order valence-corrected chi connectivity index (χ4v) is 3.87. The van der Waals surface area contributed by atoms with E-state index in [-0.39, 0.29) is 5.54 Å². The van der Waals surface area contributed by atoms with E-state index in [4.69, 9.17) is 0 Å². The zero-order valence-corrected chi connectivity index (χ0v) is 13.8. The standard InChI is InChI=1S/C20H22N4/c1-3-7-17(8-4-1)15-24-13-11-19(12-14-24)20(16-21-23-22-20)18-9-5-2-6-10-18/h1-10,16,19H,11-15H2. The summed E-state index contributed by atoms with van der Waals surface area (Å²) in [5.41, 5.74) is 2.23. The minimum Gasteiger partial charge on any atom is -0.299 e. The molecule has 1 fully saturated rings. The molecule has 4 nitrogen and oxygen atoms in total. The molecule has 122 valence electrons. The predicted molar refractivity (Wildman–Crippen MR) is 95.9 cm³/mol. The van der Waals surface area contributed by atoms with Gasteiger partial charge in [-0.2, -0.15) is 5.11 Å². The Hall–Kier alpha value is -2.33. The fourth-order valence-electron chi connectivity index (χ4n) is 3.87. The molecule has 2 aromatic carbocycles. The van der Waals surface area contributed by atoms with Gasteiger partial charge in [-0.3, -0.25) is 4.90 Å². The predicted octanol–water partition coefficient (Wildman–Crippen LogP) is 4.25. The number of rotatable bonds is 4. The maximum Gasteiger partial charge on any atom is 0.148 e. The summed E-state index contributed by atoms with van der Waals surface area (Å²) in [6.07, 6.45) is 4.18. The van der Waals surface area contributed by atoms with E-state index in [0.29, 0.717) is 5.92 Å². The molecular formula is C20H22N4. The molecule has 0 N–H and O–H groups in total. The molecule has 2 aliphatic rings. The van der Waals surface area contributed by atoms with Gasteiger partial charge in [0.15, 0.2) is 0 Å². The molecule has 2 heterocycles. The second-order valence-electron chi connectivity index (χ2n) is 6.66. The number of hydrogen-bond donors (Lipinski definition) is 0. The van der Waals surface area contributed by atoms with Crippen LogP contribution in [0.4, 0.5) is 0 Å². The van der Waals surface area contributed by atoms with Crippen LogP contribution in [-0.4, -0.2) is 24.2 Å². The molecule has 0 saturated carbocycles. The number of benzene rings is 2. The third-order valence-corrected chi connectivity index (χ3v) is 5.21. The van der Waals surface area contributed by atoms with Crippen molar-refractivity contribution in [2.24, 2.45) is 21.4 Å². The van der Waals surface area contributed by atoms with Crippen LogP contribution in [0.3, 0.4) is 0 Å². The maximum absolute atomic E-state index is 4.55. The monoisotopic (exact) mass is 318 g/mol. The lowest BCUT2D eigenvalue weighted by atomic mass is 9.74. The van der Waals surface area contributed by atoms with Crippen molar-refractivity contribution in [3.63, 3.8) is 0 Å². The van der Waals surface area contributed by atoms with Crippen LogP contribution in [0, 0.1) is 5.92 Å². The number of nitrogens with zero attached hydrogens (tertiary/aromatic N) is 4. The van der Waals surface area contributed by atoms with E-state index in [1.54, 1.807) is 0 Å². The van der Waals surface area contributed by atoms with Crippen LogP contribution in [0.2, 0.25) is 0 Å². The zero-order chi connectivity index (χ0) is 16.2. The highest BCUT2D eigenvalue weighted by Crippen LogP contribution is 2.41. The summed E-state index contributed by atoms with van der Waals surface area (Å²) in [6.45, 7) is 3.22. The van der Waals surface area contributed by atoms with Crippen molar-refractivity contribution in [1.29, 1.82) is 0 Å². The van der Waals surface area contributed by atoms with Crippen LogP contribution in [0.25, 0.3) is 0 Å². The largest absolute Gasteiger partial charge is 0.299 e. The molecule has 0 spiro atoms. The average molecular weight is 318 g/mol. The lowest BCUT2D eigenvalue weighted by Gasteiger charge is -2.38. The van der Waals surface area contributed by atoms with E-state index in [9.17, 15) is 0 Å². The Kier molecular flexibility index (Phi) is 4.22. The molecule has 2 aromatic rings. The highest BCUT2D eigenvalue weighted by molar-refractivity contribution is 5.74. The van der Waals surface area contributed by atoms with Crippen LogP contribution in [0.1, 0.15) is 24.0 Å². The normalized spacial score (nSPS) is 24.5. The molecule has 4 rings (SSSR count). The van der Waals surface area contributed by atoms with Gasteiger partial charge in [0, 0.05) is 6.54 Å². The molecule has 4 heteroatoms. The Balaban J connectivity index is 1.46. The third kappa shape index (κ3) is 2.89. The van der Waals surface area contributed by atoms with Crippen molar-refractivity contribution in [2.45, 2.75) is 24.9 Å². The first-order chi connectivity index (χ1) is 11.9. The highest BCUT2D eigenvalue weighted by Gasteiger charge is 2.43. The summed E-state index contributed by atoms with van der Waals surface area (Å²) in [7, 11) is 0. The zero-order valence-electron chi connectivity index (χ0n) is 13.8. The Morgan fingerprint density at radius 1 is 0.917 bits per heavy atom. The van der Waals surface area contributed by atoms with Crippen molar-refractivity contribution < 1.29 is 0 Å². The minimum absolute atomic E-state index is 0.361. The summed E-state index contributed by atoms with van der Waals surface area (Å²) in [4.78, 5) is 2.54. The van der Waals surface area contributed by atoms with Crippen LogP contribution < -0.4 is 0 Å². The Morgan fingerprint density at radius 2 is 1.58 bits per heavy atom. The van der Waals surface area contributed by atoms with E-state index < -0.39 is 0 Å². The molecule has 2 aliphatic heterocycles. The van der Waals surface area contributed by atoms with E-state index in [1.165, 1.54) is 11.1 Å². The van der Waals surface area contributed by atoms with Gasteiger partial charge in [0.2, 0.25) is 0 Å². The molecule has 0 amide bonds. The van der Waals surface area contributed by atoms with Gasteiger partial charge in [0.1, 0.15) is 5.54 Å². The van der Waals surface area contributed by atoms with Crippen molar-refractivity contribution in [1.82, 2.24) is 4.90 Å². The lowest BCUT2D eigenvalue weighted by Crippen LogP contribution is -2.42. The van der Waals surface area contributed by atoms with Crippen LogP contribution in [-0.2, 0) is 12.1 Å². The number of likely N-dealkylation sites (tertiary alicyclic amines) is 1. The van der Waals surface area contributed by atoms with E-state index in [2.05, 4.69) is 74.9 Å². The molecular weight excluding hydrogens is 296 g/mol. The summed E-state index contributed by atoms with van der Waals surface area (Å²) < 4.78 is 0. The topological polar surface area (TPSA) is 40.3 Å². The molecule has 0 radical (unpaired) electrons. The third-order valence-electron chi connectivity index (χ3n) is 5.21. The number of hydrogen-bond acceptors (Lipinski definition) is 4. The molecule has 0 aliphatic carbocycles. The first-order valence-corrected chi connectivity index (χ1v) is 8.65. The minimum atomic E-state index is -0.361. The van der Waals surface area contributed by atoms with E-state index in [1.807, 2.05) is 12.3 Å². The quantitative estimate of drug-likeness (QED) is 0.831. The van der Waals surface area contributed by atoms with Crippen LogP contribution >= 0.6 is 0 Å². The van der Waals surface area contributed by atoms with Gasteiger partial charge in [-0.1, -0.05) is 60.7 Å². The molecule has 0 aromatic heterocycles.